The van der Waals surface area contributed by atoms with Gasteiger partial charge in [-0.15, -0.1) is 10.2 Å². The van der Waals surface area contributed by atoms with Gasteiger partial charge in [0.25, 0.3) is 0 Å². The standard InChI is InChI=1S/C17H18N4O3S/c22-25(23,12-9-14-5-2-1-3-6-14)19-11-8-16-20-21-17(24-16)15-7-4-10-18-13-15/h1-7,10,13,19H,8-9,11-12H2. The first kappa shape index (κ1) is 17.2. The quantitative estimate of drug-likeness (QED) is 0.660. The minimum atomic E-state index is -3.35. The molecule has 1 aromatic carbocycles. The maximum absolute atomic E-state index is 12.0. The minimum absolute atomic E-state index is 0.0434. The molecular weight excluding hydrogens is 340 g/mol. The molecule has 8 heteroatoms. The van der Waals surface area contributed by atoms with Crippen LogP contribution in [-0.2, 0) is 22.9 Å². The molecular formula is C17H18N4O3S. The Hall–Kier alpha value is -2.58. The summed E-state index contributed by atoms with van der Waals surface area (Å²) in [6.07, 6.45) is 4.09. The van der Waals surface area contributed by atoms with E-state index in [0.717, 1.165) is 11.1 Å². The van der Waals surface area contributed by atoms with Crippen LogP contribution >= 0.6 is 0 Å². The van der Waals surface area contributed by atoms with Crippen molar-refractivity contribution in [1.82, 2.24) is 19.9 Å². The van der Waals surface area contributed by atoms with Gasteiger partial charge in [-0.1, -0.05) is 30.3 Å². The highest BCUT2D eigenvalue weighted by Crippen LogP contribution is 2.15. The lowest BCUT2D eigenvalue weighted by Crippen LogP contribution is -2.29. The Kier molecular flexibility index (Phi) is 5.52. The molecule has 0 atom stereocenters. The fraction of sp³-hybridized carbons (Fsp3) is 0.235. The van der Waals surface area contributed by atoms with Crippen LogP contribution in [0, 0.1) is 0 Å². The van der Waals surface area contributed by atoms with Gasteiger partial charge in [0.15, 0.2) is 0 Å². The average Bonchev–Trinajstić information content (AvgIpc) is 3.11. The fourth-order valence-corrected chi connectivity index (χ4v) is 3.30. The number of hydrogen-bond donors (Lipinski definition) is 1. The third-order valence-electron chi connectivity index (χ3n) is 3.54. The molecule has 0 aliphatic carbocycles. The molecule has 0 unspecified atom stereocenters. The zero-order chi connectivity index (χ0) is 17.5. The lowest BCUT2D eigenvalue weighted by Gasteiger charge is -2.05. The molecule has 2 aromatic heterocycles. The maximum Gasteiger partial charge on any atom is 0.249 e. The van der Waals surface area contributed by atoms with E-state index in [2.05, 4.69) is 19.9 Å². The number of nitrogens with one attached hydrogen (secondary N) is 1. The minimum Gasteiger partial charge on any atom is -0.421 e. The zero-order valence-electron chi connectivity index (χ0n) is 13.5. The average molecular weight is 358 g/mol. The van der Waals surface area contributed by atoms with Gasteiger partial charge in [0.05, 0.1) is 11.3 Å². The van der Waals surface area contributed by atoms with E-state index >= 15 is 0 Å². The van der Waals surface area contributed by atoms with Crippen LogP contribution in [0.5, 0.6) is 0 Å². The van der Waals surface area contributed by atoms with Crippen molar-refractivity contribution in [2.75, 3.05) is 12.3 Å². The van der Waals surface area contributed by atoms with Gasteiger partial charge in [0.2, 0.25) is 21.8 Å². The predicted octanol–water partition coefficient (Wildman–Crippen LogP) is 1.84. The lowest BCUT2D eigenvalue weighted by molar-refractivity contribution is 0.501. The number of benzene rings is 1. The van der Waals surface area contributed by atoms with Crippen LogP contribution in [0.4, 0.5) is 0 Å². The Balaban J connectivity index is 1.48. The second-order valence-electron chi connectivity index (χ2n) is 5.44. The molecule has 0 amide bonds. The smallest absolute Gasteiger partial charge is 0.249 e. The second-order valence-corrected chi connectivity index (χ2v) is 7.37. The summed E-state index contributed by atoms with van der Waals surface area (Å²) in [5.41, 5.74) is 1.72. The van der Waals surface area contributed by atoms with Gasteiger partial charge in [-0.2, -0.15) is 0 Å². The normalized spacial score (nSPS) is 11.5. The Labute approximate surface area is 146 Å². The number of hydrogen-bond acceptors (Lipinski definition) is 6. The zero-order valence-corrected chi connectivity index (χ0v) is 14.3. The first-order valence-corrected chi connectivity index (χ1v) is 9.52. The van der Waals surface area contributed by atoms with E-state index in [-0.39, 0.29) is 12.3 Å². The Morgan fingerprint density at radius 1 is 1.00 bits per heavy atom. The number of nitrogens with zero attached hydrogens (tertiary/aromatic N) is 3. The Morgan fingerprint density at radius 3 is 2.60 bits per heavy atom. The van der Waals surface area contributed by atoms with E-state index in [1.54, 1.807) is 18.5 Å². The summed E-state index contributed by atoms with van der Waals surface area (Å²) in [7, 11) is -3.35. The monoisotopic (exact) mass is 358 g/mol. The van der Waals surface area contributed by atoms with E-state index in [1.165, 1.54) is 0 Å². The molecule has 0 bridgehead atoms. The van der Waals surface area contributed by atoms with E-state index in [4.69, 9.17) is 4.42 Å². The van der Waals surface area contributed by atoms with E-state index < -0.39 is 10.0 Å². The van der Waals surface area contributed by atoms with E-state index in [1.807, 2.05) is 36.4 Å². The number of rotatable bonds is 8. The van der Waals surface area contributed by atoms with Crippen LogP contribution in [-0.4, -0.2) is 35.9 Å². The maximum atomic E-state index is 12.0. The van der Waals surface area contributed by atoms with Crippen molar-refractivity contribution in [3.63, 3.8) is 0 Å². The van der Waals surface area contributed by atoms with Crippen molar-refractivity contribution in [2.45, 2.75) is 12.8 Å². The van der Waals surface area contributed by atoms with Gasteiger partial charge < -0.3 is 4.42 Å². The van der Waals surface area contributed by atoms with Gasteiger partial charge in [-0.05, 0) is 24.1 Å². The van der Waals surface area contributed by atoms with Crippen LogP contribution in [0.3, 0.4) is 0 Å². The lowest BCUT2D eigenvalue weighted by atomic mass is 10.2. The molecule has 7 nitrogen and oxygen atoms in total. The van der Waals surface area contributed by atoms with Crippen molar-refractivity contribution in [2.24, 2.45) is 0 Å². The molecule has 2 heterocycles. The third kappa shape index (κ3) is 5.20. The first-order chi connectivity index (χ1) is 12.1. The second kappa shape index (κ2) is 8.00. The highest BCUT2D eigenvalue weighted by Gasteiger charge is 2.12. The topological polar surface area (TPSA) is 98.0 Å². The highest BCUT2D eigenvalue weighted by molar-refractivity contribution is 7.89. The molecule has 3 aromatic rings. The van der Waals surface area contributed by atoms with Gasteiger partial charge in [0.1, 0.15) is 0 Å². The molecule has 130 valence electrons. The van der Waals surface area contributed by atoms with Crippen LogP contribution in [0.15, 0.2) is 59.3 Å². The van der Waals surface area contributed by atoms with Gasteiger partial charge in [0, 0.05) is 25.4 Å². The molecule has 0 aliphatic rings. The van der Waals surface area contributed by atoms with Crippen LogP contribution in [0.1, 0.15) is 11.5 Å². The van der Waals surface area contributed by atoms with Crippen molar-refractivity contribution in [3.05, 3.63) is 66.3 Å². The molecule has 25 heavy (non-hydrogen) atoms. The number of sulfonamides is 1. The predicted molar refractivity (Wildman–Crippen MR) is 93.2 cm³/mol. The van der Waals surface area contributed by atoms with Gasteiger partial charge >= 0.3 is 0 Å². The number of aromatic nitrogens is 3. The molecule has 0 fully saturated rings. The largest absolute Gasteiger partial charge is 0.421 e. The molecule has 0 spiro atoms. The van der Waals surface area contributed by atoms with Crippen LogP contribution in [0.2, 0.25) is 0 Å². The Morgan fingerprint density at radius 2 is 1.84 bits per heavy atom. The molecule has 0 saturated carbocycles. The molecule has 0 radical (unpaired) electrons. The first-order valence-electron chi connectivity index (χ1n) is 7.86. The molecule has 0 saturated heterocycles. The van der Waals surface area contributed by atoms with Gasteiger partial charge in [-0.25, -0.2) is 13.1 Å². The van der Waals surface area contributed by atoms with Crippen LogP contribution < -0.4 is 4.72 Å². The third-order valence-corrected chi connectivity index (χ3v) is 4.92. The molecule has 3 rings (SSSR count). The summed E-state index contributed by atoms with van der Waals surface area (Å²) in [5.74, 6) is 0.793. The van der Waals surface area contributed by atoms with Crippen molar-refractivity contribution < 1.29 is 12.8 Å². The summed E-state index contributed by atoms with van der Waals surface area (Å²) >= 11 is 0. The SMILES string of the molecule is O=S(=O)(CCc1ccccc1)NCCc1nnc(-c2cccnc2)o1. The highest BCUT2D eigenvalue weighted by atomic mass is 32.2. The van der Waals surface area contributed by atoms with Crippen molar-refractivity contribution >= 4 is 10.0 Å². The number of aryl methyl sites for hydroxylation is 1. The summed E-state index contributed by atoms with van der Waals surface area (Å²) < 4.78 is 32.1. The van der Waals surface area contributed by atoms with Crippen molar-refractivity contribution in [3.8, 4) is 11.5 Å². The number of pyridine rings is 1. The fourth-order valence-electron chi connectivity index (χ4n) is 2.24. The summed E-state index contributed by atoms with van der Waals surface area (Å²) in [6.45, 7) is 0.214. The molecule has 1 N–H and O–H groups in total. The summed E-state index contributed by atoms with van der Waals surface area (Å²) in [5, 5.41) is 7.87. The van der Waals surface area contributed by atoms with Crippen molar-refractivity contribution in [1.29, 1.82) is 0 Å². The van der Waals surface area contributed by atoms with E-state index in [0.29, 0.717) is 24.6 Å². The Bertz CT molecular complexity index is 896. The van der Waals surface area contributed by atoms with Gasteiger partial charge in [-0.3, -0.25) is 4.98 Å². The molecule has 0 aliphatic heterocycles. The van der Waals surface area contributed by atoms with Crippen LogP contribution in [0.25, 0.3) is 11.5 Å². The summed E-state index contributed by atoms with van der Waals surface area (Å²) in [6, 6.07) is 13.1. The summed E-state index contributed by atoms with van der Waals surface area (Å²) in [4.78, 5) is 3.99. The van der Waals surface area contributed by atoms with E-state index in [9.17, 15) is 8.42 Å².